The number of aliphatic hydroxyl groups excluding tert-OH is 1. The average Bonchev–Trinajstić information content (AvgIpc) is 2.40. The molecular weight excluding hydrogens is 251 g/mol. The second-order valence-corrected chi connectivity index (χ2v) is 4.48. The number of β-amino-alcohol motifs (C(OH)–C–C–N with tert-alkyl or cyclic N) is 1. The summed E-state index contributed by atoms with van der Waals surface area (Å²) < 4.78 is 13.3. The molecule has 19 heavy (non-hydrogen) atoms. The molecule has 0 saturated carbocycles. The SMILES string of the molecule is O=C(Nc1ccccc1F)C(=O)N1CCCC(O)C1. The Morgan fingerprint density at radius 1 is 1.37 bits per heavy atom. The molecule has 2 rings (SSSR count). The molecule has 2 amide bonds. The van der Waals surface area contributed by atoms with Gasteiger partial charge in [0.2, 0.25) is 0 Å². The summed E-state index contributed by atoms with van der Waals surface area (Å²) in [6.45, 7) is 0.574. The van der Waals surface area contributed by atoms with Crippen molar-refractivity contribution in [2.45, 2.75) is 18.9 Å². The van der Waals surface area contributed by atoms with Crippen molar-refractivity contribution in [3.8, 4) is 0 Å². The Hall–Kier alpha value is -1.95. The monoisotopic (exact) mass is 266 g/mol. The van der Waals surface area contributed by atoms with Gasteiger partial charge in [0.05, 0.1) is 11.8 Å². The van der Waals surface area contributed by atoms with Gasteiger partial charge in [-0.05, 0) is 25.0 Å². The van der Waals surface area contributed by atoms with Crippen molar-refractivity contribution in [1.29, 1.82) is 0 Å². The maximum atomic E-state index is 13.3. The molecule has 1 aliphatic heterocycles. The lowest BCUT2D eigenvalue weighted by molar-refractivity contribution is -0.145. The number of halogens is 1. The molecule has 0 bridgehead atoms. The molecule has 5 nitrogen and oxygen atoms in total. The molecule has 0 radical (unpaired) electrons. The number of amides is 2. The maximum Gasteiger partial charge on any atom is 0.313 e. The van der Waals surface area contributed by atoms with E-state index in [2.05, 4.69) is 5.32 Å². The van der Waals surface area contributed by atoms with Crippen LogP contribution in [0.25, 0.3) is 0 Å². The molecule has 0 aromatic heterocycles. The van der Waals surface area contributed by atoms with Crippen molar-refractivity contribution >= 4 is 17.5 Å². The van der Waals surface area contributed by atoms with Crippen molar-refractivity contribution in [3.63, 3.8) is 0 Å². The lowest BCUT2D eigenvalue weighted by Gasteiger charge is -2.29. The summed E-state index contributed by atoms with van der Waals surface area (Å²) >= 11 is 0. The van der Waals surface area contributed by atoms with E-state index in [4.69, 9.17) is 0 Å². The van der Waals surface area contributed by atoms with Crippen molar-refractivity contribution < 1.29 is 19.1 Å². The normalized spacial score (nSPS) is 19.1. The Bertz CT molecular complexity index is 493. The van der Waals surface area contributed by atoms with Gasteiger partial charge in [-0.15, -0.1) is 0 Å². The van der Waals surface area contributed by atoms with Gasteiger partial charge in [0, 0.05) is 13.1 Å². The third-order valence-electron chi connectivity index (χ3n) is 3.00. The molecule has 102 valence electrons. The molecule has 1 atom stereocenters. The molecule has 2 N–H and O–H groups in total. The van der Waals surface area contributed by atoms with Gasteiger partial charge in [-0.2, -0.15) is 0 Å². The molecule has 1 saturated heterocycles. The van der Waals surface area contributed by atoms with Gasteiger partial charge in [0.15, 0.2) is 0 Å². The topological polar surface area (TPSA) is 69.6 Å². The third kappa shape index (κ3) is 3.29. The van der Waals surface area contributed by atoms with Gasteiger partial charge >= 0.3 is 11.8 Å². The van der Waals surface area contributed by atoms with Crippen LogP contribution in [-0.4, -0.2) is 41.0 Å². The number of aliphatic hydroxyl groups is 1. The Labute approximate surface area is 110 Å². The number of rotatable bonds is 1. The van der Waals surface area contributed by atoms with Crippen molar-refractivity contribution in [2.24, 2.45) is 0 Å². The summed E-state index contributed by atoms with van der Waals surface area (Å²) in [5, 5.41) is 11.7. The number of benzene rings is 1. The highest BCUT2D eigenvalue weighted by atomic mass is 19.1. The van der Waals surface area contributed by atoms with Gasteiger partial charge in [-0.1, -0.05) is 12.1 Å². The summed E-state index contributed by atoms with van der Waals surface area (Å²) in [6, 6.07) is 5.64. The Balaban J connectivity index is 2.00. The first-order valence-electron chi connectivity index (χ1n) is 6.11. The number of carbonyl (C=O) groups excluding carboxylic acids is 2. The second-order valence-electron chi connectivity index (χ2n) is 4.48. The van der Waals surface area contributed by atoms with E-state index in [1.807, 2.05) is 0 Å². The first-order chi connectivity index (χ1) is 9.08. The molecule has 1 aromatic rings. The highest BCUT2D eigenvalue weighted by Gasteiger charge is 2.27. The number of piperidine rings is 1. The Morgan fingerprint density at radius 3 is 2.79 bits per heavy atom. The zero-order chi connectivity index (χ0) is 13.8. The van der Waals surface area contributed by atoms with Crippen LogP contribution in [0.5, 0.6) is 0 Å². The van der Waals surface area contributed by atoms with E-state index < -0.39 is 23.7 Å². The van der Waals surface area contributed by atoms with Crippen molar-refractivity contribution in [3.05, 3.63) is 30.1 Å². The lowest BCUT2D eigenvalue weighted by atomic mass is 10.1. The minimum absolute atomic E-state index is 0.0293. The quantitative estimate of drug-likeness (QED) is 0.737. The van der Waals surface area contributed by atoms with E-state index >= 15 is 0 Å². The molecule has 1 fully saturated rings. The van der Waals surface area contributed by atoms with Crippen molar-refractivity contribution in [1.82, 2.24) is 4.90 Å². The fourth-order valence-corrected chi connectivity index (χ4v) is 2.02. The van der Waals surface area contributed by atoms with Crippen LogP contribution in [0.3, 0.4) is 0 Å². The molecule has 1 unspecified atom stereocenters. The number of nitrogens with one attached hydrogen (secondary N) is 1. The number of carbonyl (C=O) groups is 2. The van der Waals surface area contributed by atoms with Crippen molar-refractivity contribution in [2.75, 3.05) is 18.4 Å². The zero-order valence-electron chi connectivity index (χ0n) is 10.3. The van der Waals surface area contributed by atoms with Crippen LogP contribution in [0.1, 0.15) is 12.8 Å². The van der Waals surface area contributed by atoms with Crippen LogP contribution in [0.15, 0.2) is 24.3 Å². The molecule has 1 aromatic carbocycles. The highest BCUT2D eigenvalue weighted by molar-refractivity contribution is 6.39. The number of para-hydroxylation sites is 1. The van der Waals surface area contributed by atoms with E-state index in [-0.39, 0.29) is 12.2 Å². The predicted octanol–water partition coefficient (Wildman–Crippen LogP) is 0.747. The summed E-state index contributed by atoms with van der Waals surface area (Å²) in [5.41, 5.74) is -0.0293. The predicted molar refractivity (Wildman–Crippen MR) is 66.9 cm³/mol. The van der Waals surface area contributed by atoms with Gasteiger partial charge in [0.25, 0.3) is 0 Å². The van der Waals surface area contributed by atoms with Crippen LogP contribution in [-0.2, 0) is 9.59 Å². The number of anilines is 1. The number of hydrogen-bond acceptors (Lipinski definition) is 3. The van der Waals surface area contributed by atoms with E-state index in [0.29, 0.717) is 19.4 Å². The lowest BCUT2D eigenvalue weighted by Crippen LogP contribution is -2.46. The highest BCUT2D eigenvalue weighted by Crippen LogP contribution is 2.14. The summed E-state index contributed by atoms with van der Waals surface area (Å²) in [5.74, 6) is -2.23. The first-order valence-corrected chi connectivity index (χ1v) is 6.11. The molecule has 1 aliphatic rings. The van der Waals surface area contributed by atoms with Crippen LogP contribution in [0.4, 0.5) is 10.1 Å². The molecule has 1 heterocycles. The van der Waals surface area contributed by atoms with Crippen LogP contribution in [0.2, 0.25) is 0 Å². The van der Waals surface area contributed by atoms with Gasteiger partial charge in [0.1, 0.15) is 5.82 Å². The standard InChI is InChI=1S/C13H15FN2O3/c14-10-5-1-2-6-11(10)15-12(18)13(19)16-7-3-4-9(17)8-16/h1-2,5-6,9,17H,3-4,7-8H2,(H,15,18). The molecule has 0 aliphatic carbocycles. The van der Waals surface area contributed by atoms with Crippen LogP contribution < -0.4 is 5.32 Å². The third-order valence-corrected chi connectivity index (χ3v) is 3.00. The van der Waals surface area contributed by atoms with E-state index in [9.17, 15) is 19.1 Å². The van der Waals surface area contributed by atoms with Gasteiger partial charge < -0.3 is 15.3 Å². The summed E-state index contributed by atoms with van der Waals surface area (Å²) in [6.07, 6.45) is 0.678. The fourth-order valence-electron chi connectivity index (χ4n) is 2.02. The van der Waals surface area contributed by atoms with E-state index in [1.54, 1.807) is 6.07 Å². The summed E-state index contributed by atoms with van der Waals surface area (Å²) in [4.78, 5) is 24.8. The largest absolute Gasteiger partial charge is 0.391 e. The van der Waals surface area contributed by atoms with E-state index in [0.717, 1.165) is 0 Å². The molecule has 6 heteroatoms. The second kappa shape index (κ2) is 5.79. The minimum Gasteiger partial charge on any atom is -0.391 e. The maximum absolute atomic E-state index is 13.3. The zero-order valence-corrected chi connectivity index (χ0v) is 10.3. The van der Waals surface area contributed by atoms with E-state index in [1.165, 1.54) is 23.1 Å². The summed E-state index contributed by atoms with van der Waals surface area (Å²) in [7, 11) is 0. The molecule has 0 spiro atoms. The average molecular weight is 266 g/mol. The van der Waals surface area contributed by atoms with Gasteiger partial charge in [-0.3, -0.25) is 9.59 Å². The minimum atomic E-state index is -0.890. The smallest absolute Gasteiger partial charge is 0.313 e. The fraction of sp³-hybridized carbons (Fsp3) is 0.385. The van der Waals surface area contributed by atoms with Gasteiger partial charge in [-0.25, -0.2) is 4.39 Å². The van der Waals surface area contributed by atoms with Crippen LogP contribution in [0, 0.1) is 5.82 Å². The van der Waals surface area contributed by atoms with Crippen LogP contribution >= 0.6 is 0 Å². The number of hydrogen-bond donors (Lipinski definition) is 2. The number of likely N-dealkylation sites (tertiary alicyclic amines) is 1. The Morgan fingerprint density at radius 2 is 2.11 bits per heavy atom. The molecular formula is C13H15FN2O3. The Kier molecular flexibility index (Phi) is 4.11. The number of nitrogens with zero attached hydrogens (tertiary/aromatic N) is 1. The first kappa shape index (κ1) is 13.5.